The van der Waals surface area contributed by atoms with Gasteiger partial charge in [0.1, 0.15) is 18.0 Å². The van der Waals surface area contributed by atoms with Crippen LogP contribution in [0.2, 0.25) is 5.02 Å². The van der Waals surface area contributed by atoms with Gasteiger partial charge in [0.2, 0.25) is 5.91 Å². The molecule has 3 aromatic rings. The Balaban J connectivity index is 1.87. The van der Waals surface area contributed by atoms with Crippen molar-refractivity contribution in [2.75, 3.05) is 29.9 Å². The Labute approximate surface area is 192 Å². The van der Waals surface area contributed by atoms with Crippen LogP contribution < -0.4 is 19.1 Å². The fourth-order valence-corrected chi connectivity index (χ4v) is 4.66. The molecule has 0 spiro atoms. The van der Waals surface area contributed by atoms with Crippen molar-refractivity contribution in [1.29, 1.82) is 0 Å². The van der Waals surface area contributed by atoms with Gasteiger partial charge in [0.05, 0.1) is 29.3 Å². The van der Waals surface area contributed by atoms with Crippen molar-refractivity contribution in [3.8, 4) is 11.5 Å². The molecule has 0 unspecified atom stereocenters. The minimum absolute atomic E-state index is 0.0464. The number of anilines is 2. The van der Waals surface area contributed by atoms with Gasteiger partial charge in [-0.05, 0) is 61.5 Å². The smallest absolute Gasteiger partial charge is 0.264 e. The molecule has 1 N–H and O–H groups in total. The largest absolute Gasteiger partial charge is 0.495 e. The van der Waals surface area contributed by atoms with E-state index >= 15 is 0 Å². The van der Waals surface area contributed by atoms with E-state index in [0.717, 1.165) is 4.31 Å². The van der Waals surface area contributed by atoms with Crippen LogP contribution in [0, 0.1) is 0 Å². The normalized spacial score (nSPS) is 11.0. The second-order valence-corrected chi connectivity index (χ2v) is 8.92. The van der Waals surface area contributed by atoms with Crippen LogP contribution in [0.3, 0.4) is 0 Å². The molecule has 3 rings (SSSR count). The molecule has 7 nitrogen and oxygen atoms in total. The van der Waals surface area contributed by atoms with Crippen molar-refractivity contribution in [3.63, 3.8) is 0 Å². The molecule has 9 heteroatoms. The molecule has 32 heavy (non-hydrogen) atoms. The quantitative estimate of drug-likeness (QED) is 0.490. The number of benzene rings is 3. The van der Waals surface area contributed by atoms with Gasteiger partial charge in [-0.25, -0.2) is 8.42 Å². The molecule has 3 aromatic carbocycles. The summed E-state index contributed by atoms with van der Waals surface area (Å²) in [6.45, 7) is 1.89. The standard InChI is InChI=1S/C23H23ClN2O5S/c1-3-31-19-10-12-20(13-11-19)32(28,29)26(18-7-5-4-6-8-18)16-23(27)25-17-9-14-22(30-2)21(24)15-17/h4-15H,3,16H2,1-2H3,(H,25,27). The van der Waals surface area contributed by atoms with Crippen LogP contribution in [0.25, 0.3) is 0 Å². The number of nitrogens with zero attached hydrogens (tertiary/aromatic N) is 1. The summed E-state index contributed by atoms with van der Waals surface area (Å²) in [5, 5.41) is 3.00. The summed E-state index contributed by atoms with van der Waals surface area (Å²) in [6.07, 6.45) is 0. The molecule has 0 atom stereocenters. The Morgan fingerprint density at radius 1 is 1.03 bits per heavy atom. The molecule has 168 valence electrons. The van der Waals surface area contributed by atoms with E-state index in [1.165, 1.54) is 25.3 Å². The summed E-state index contributed by atoms with van der Waals surface area (Å²) in [7, 11) is -2.53. The highest BCUT2D eigenvalue weighted by molar-refractivity contribution is 7.92. The predicted octanol–water partition coefficient (Wildman–Crippen LogP) is 4.58. The van der Waals surface area contributed by atoms with Crippen LogP contribution in [0.4, 0.5) is 11.4 Å². The lowest BCUT2D eigenvalue weighted by Crippen LogP contribution is -2.38. The van der Waals surface area contributed by atoms with Crippen molar-refractivity contribution in [2.45, 2.75) is 11.8 Å². The lowest BCUT2D eigenvalue weighted by Gasteiger charge is -2.24. The third kappa shape index (κ3) is 5.52. The number of hydrogen-bond donors (Lipinski definition) is 1. The van der Waals surface area contributed by atoms with Gasteiger partial charge in [0, 0.05) is 5.69 Å². The number of ether oxygens (including phenoxy) is 2. The predicted molar refractivity (Wildman–Crippen MR) is 125 cm³/mol. The Hall–Kier alpha value is -3.23. The highest BCUT2D eigenvalue weighted by Gasteiger charge is 2.27. The molecule has 0 saturated carbocycles. The maximum atomic E-state index is 13.4. The number of methoxy groups -OCH3 is 1. The molecule has 0 radical (unpaired) electrons. The molecular weight excluding hydrogens is 452 g/mol. The topological polar surface area (TPSA) is 84.9 Å². The fraction of sp³-hybridized carbons (Fsp3) is 0.174. The number of carbonyl (C=O) groups is 1. The maximum absolute atomic E-state index is 13.4. The first kappa shape index (κ1) is 23.4. The number of nitrogens with one attached hydrogen (secondary N) is 1. The number of para-hydroxylation sites is 1. The highest BCUT2D eigenvalue weighted by Crippen LogP contribution is 2.28. The fourth-order valence-electron chi connectivity index (χ4n) is 2.99. The monoisotopic (exact) mass is 474 g/mol. The van der Waals surface area contributed by atoms with Gasteiger partial charge in [0.15, 0.2) is 0 Å². The lowest BCUT2D eigenvalue weighted by atomic mass is 10.3. The second-order valence-electron chi connectivity index (χ2n) is 6.65. The van der Waals surface area contributed by atoms with E-state index in [1.54, 1.807) is 54.6 Å². The first-order valence-electron chi connectivity index (χ1n) is 9.79. The average molecular weight is 475 g/mol. The van der Waals surface area contributed by atoms with E-state index in [-0.39, 0.29) is 4.90 Å². The Kier molecular flexibility index (Phi) is 7.61. The zero-order valence-corrected chi connectivity index (χ0v) is 19.2. The summed E-state index contributed by atoms with van der Waals surface area (Å²) in [6, 6.07) is 19.3. The summed E-state index contributed by atoms with van der Waals surface area (Å²) in [4.78, 5) is 12.8. The molecule has 0 saturated heterocycles. The van der Waals surface area contributed by atoms with E-state index in [2.05, 4.69) is 5.32 Å². The van der Waals surface area contributed by atoms with Crippen LogP contribution in [0.15, 0.2) is 77.7 Å². The van der Waals surface area contributed by atoms with E-state index < -0.39 is 22.5 Å². The molecule has 1 amide bonds. The van der Waals surface area contributed by atoms with Crippen molar-refractivity contribution in [1.82, 2.24) is 0 Å². The van der Waals surface area contributed by atoms with Crippen LogP contribution in [0.5, 0.6) is 11.5 Å². The average Bonchev–Trinajstić information content (AvgIpc) is 2.79. The van der Waals surface area contributed by atoms with Gasteiger partial charge in [-0.3, -0.25) is 9.10 Å². The molecule has 0 aliphatic rings. The zero-order valence-electron chi connectivity index (χ0n) is 17.6. The van der Waals surface area contributed by atoms with Crippen molar-refractivity contribution in [3.05, 3.63) is 77.8 Å². The Bertz CT molecular complexity index is 1170. The number of carbonyl (C=O) groups excluding carboxylic acids is 1. The molecule has 0 aromatic heterocycles. The minimum Gasteiger partial charge on any atom is -0.495 e. The molecule has 0 aliphatic carbocycles. The van der Waals surface area contributed by atoms with Gasteiger partial charge in [-0.2, -0.15) is 0 Å². The molecule has 0 bridgehead atoms. The third-order valence-corrected chi connectivity index (χ3v) is 6.57. The van der Waals surface area contributed by atoms with Crippen molar-refractivity contribution >= 4 is 38.9 Å². The number of halogens is 1. The Morgan fingerprint density at radius 3 is 2.31 bits per heavy atom. The first-order chi connectivity index (χ1) is 15.3. The van der Waals surface area contributed by atoms with Crippen LogP contribution in [0.1, 0.15) is 6.92 Å². The Morgan fingerprint density at radius 2 is 1.72 bits per heavy atom. The number of hydrogen-bond acceptors (Lipinski definition) is 5. The first-order valence-corrected chi connectivity index (χ1v) is 11.6. The van der Waals surface area contributed by atoms with E-state index in [0.29, 0.717) is 34.5 Å². The van der Waals surface area contributed by atoms with Gasteiger partial charge < -0.3 is 14.8 Å². The summed E-state index contributed by atoms with van der Waals surface area (Å²) >= 11 is 6.11. The van der Waals surface area contributed by atoms with Gasteiger partial charge in [0.25, 0.3) is 10.0 Å². The second kappa shape index (κ2) is 10.4. The van der Waals surface area contributed by atoms with Gasteiger partial charge >= 0.3 is 0 Å². The summed E-state index contributed by atoms with van der Waals surface area (Å²) in [5.74, 6) is 0.505. The lowest BCUT2D eigenvalue weighted by molar-refractivity contribution is -0.114. The highest BCUT2D eigenvalue weighted by atomic mass is 35.5. The van der Waals surface area contributed by atoms with Gasteiger partial charge in [-0.1, -0.05) is 29.8 Å². The third-order valence-electron chi connectivity index (χ3n) is 4.49. The van der Waals surface area contributed by atoms with Crippen LogP contribution >= 0.6 is 11.6 Å². The number of amides is 1. The minimum atomic E-state index is -4.02. The van der Waals surface area contributed by atoms with Gasteiger partial charge in [-0.15, -0.1) is 0 Å². The molecule has 0 heterocycles. The molecule has 0 aliphatic heterocycles. The molecular formula is C23H23ClN2O5S. The zero-order chi connectivity index (χ0) is 23.1. The summed E-state index contributed by atoms with van der Waals surface area (Å²) in [5.41, 5.74) is 0.788. The van der Waals surface area contributed by atoms with Crippen molar-refractivity contribution < 1.29 is 22.7 Å². The van der Waals surface area contributed by atoms with Crippen LogP contribution in [-0.4, -0.2) is 34.6 Å². The number of rotatable bonds is 9. The van der Waals surface area contributed by atoms with E-state index in [4.69, 9.17) is 21.1 Å². The maximum Gasteiger partial charge on any atom is 0.264 e. The van der Waals surface area contributed by atoms with Crippen LogP contribution in [-0.2, 0) is 14.8 Å². The SMILES string of the molecule is CCOc1ccc(S(=O)(=O)N(CC(=O)Nc2ccc(OC)c(Cl)c2)c2ccccc2)cc1. The van der Waals surface area contributed by atoms with E-state index in [9.17, 15) is 13.2 Å². The van der Waals surface area contributed by atoms with Crippen molar-refractivity contribution in [2.24, 2.45) is 0 Å². The summed E-state index contributed by atoms with van der Waals surface area (Å²) < 4.78 is 38.3. The molecule has 0 fully saturated rings. The van der Waals surface area contributed by atoms with E-state index in [1.807, 2.05) is 6.92 Å². The number of sulfonamides is 1.